The Morgan fingerprint density at radius 2 is 1.81 bits per heavy atom. The van der Waals surface area contributed by atoms with E-state index in [1.165, 1.54) is 27.2 Å². The quantitative estimate of drug-likeness (QED) is 0.495. The predicted octanol–water partition coefficient (Wildman–Crippen LogP) is 4.80. The number of ketones is 2. The SMILES string of the molecule is COc1cc(OC)c2c(c1Cl)O[C@]1(C2=O)C2=C(C[C@@](CCOC(C)=O)(c3ccccc3)O2)C(=O)C[C@H]1C. The van der Waals surface area contributed by atoms with Gasteiger partial charge < -0.3 is 23.7 Å². The second-order valence-corrected chi connectivity index (χ2v) is 9.91. The Balaban J connectivity index is 1.64. The van der Waals surface area contributed by atoms with E-state index in [9.17, 15) is 14.4 Å². The van der Waals surface area contributed by atoms with Crippen LogP contribution in [-0.4, -0.2) is 44.0 Å². The van der Waals surface area contributed by atoms with E-state index in [1.807, 2.05) is 30.3 Å². The number of Topliss-reactive ketones (excluding diaryl/α,β-unsaturated/α-hetero) is 2. The molecule has 37 heavy (non-hydrogen) atoms. The summed E-state index contributed by atoms with van der Waals surface area (Å²) in [7, 11) is 2.90. The topological polar surface area (TPSA) is 97.4 Å². The highest BCUT2D eigenvalue weighted by Gasteiger charge is 2.65. The minimum atomic E-state index is -1.60. The highest BCUT2D eigenvalue weighted by atomic mass is 35.5. The number of ether oxygens (including phenoxy) is 5. The zero-order valence-electron chi connectivity index (χ0n) is 21.0. The first-order chi connectivity index (χ1) is 17.7. The summed E-state index contributed by atoms with van der Waals surface area (Å²) in [5.41, 5.74) is -1.26. The van der Waals surface area contributed by atoms with Gasteiger partial charge in [-0.1, -0.05) is 48.9 Å². The Morgan fingerprint density at radius 1 is 1.11 bits per heavy atom. The number of methoxy groups -OCH3 is 2. The van der Waals surface area contributed by atoms with Gasteiger partial charge in [0.15, 0.2) is 17.3 Å². The van der Waals surface area contributed by atoms with E-state index < -0.39 is 23.1 Å². The van der Waals surface area contributed by atoms with Crippen LogP contribution in [0.5, 0.6) is 17.2 Å². The summed E-state index contributed by atoms with van der Waals surface area (Å²) >= 11 is 6.59. The minimum absolute atomic E-state index is 0.0768. The van der Waals surface area contributed by atoms with Crippen LogP contribution in [0.4, 0.5) is 0 Å². The van der Waals surface area contributed by atoms with Gasteiger partial charge in [-0.05, 0) is 5.56 Å². The lowest BCUT2D eigenvalue weighted by molar-refractivity contribution is -0.143. The van der Waals surface area contributed by atoms with Crippen LogP contribution in [0.2, 0.25) is 5.02 Å². The summed E-state index contributed by atoms with van der Waals surface area (Å²) in [6.45, 7) is 3.20. The summed E-state index contributed by atoms with van der Waals surface area (Å²) in [6.07, 6.45) is 0.580. The molecule has 1 aliphatic carbocycles. The lowest BCUT2D eigenvalue weighted by atomic mass is 9.72. The highest BCUT2D eigenvalue weighted by molar-refractivity contribution is 6.35. The van der Waals surface area contributed by atoms with Crippen LogP contribution in [0.25, 0.3) is 0 Å². The van der Waals surface area contributed by atoms with Crippen molar-refractivity contribution in [1.82, 2.24) is 0 Å². The van der Waals surface area contributed by atoms with Crippen molar-refractivity contribution in [3.8, 4) is 17.2 Å². The molecule has 2 heterocycles. The minimum Gasteiger partial charge on any atom is -0.496 e. The molecule has 9 heteroatoms. The third-order valence-electron chi connectivity index (χ3n) is 7.42. The van der Waals surface area contributed by atoms with E-state index in [2.05, 4.69) is 0 Å². The van der Waals surface area contributed by atoms with Crippen molar-refractivity contribution in [1.29, 1.82) is 0 Å². The fraction of sp³-hybridized carbons (Fsp3) is 0.393. The van der Waals surface area contributed by atoms with Gasteiger partial charge in [-0.25, -0.2) is 0 Å². The first kappa shape index (κ1) is 25.1. The van der Waals surface area contributed by atoms with E-state index >= 15 is 0 Å². The van der Waals surface area contributed by atoms with E-state index in [0.29, 0.717) is 11.3 Å². The molecule has 0 bridgehead atoms. The molecule has 3 atom stereocenters. The number of carbonyl (C=O) groups excluding carboxylic acids is 3. The van der Waals surface area contributed by atoms with E-state index in [4.69, 9.17) is 35.3 Å². The molecule has 0 aromatic heterocycles. The van der Waals surface area contributed by atoms with Crippen LogP contribution in [0.3, 0.4) is 0 Å². The molecule has 194 valence electrons. The molecule has 2 aliphatic heterocycles. The molecular formula is C28H27ClO8. The number of fused-ring (bicyclic) bond motifs is 2. The molecule has 0 saturated carbocycles. The molecule has 3 aliphatic rings. The number of hydrogen-bond donors (Lipinski definition) is 0. The molecule has 0 fully saturated rings. The molecule has 0 unspecified atom stereocenters. The van der Waals surface area contributed by atoms with Crippen molar-refractivity contribution < 1.29 is 38.1 Å². The van der Waals surface area contributed by atoms with Crippen molar-refractivity contribution in [3.63, 3.8) is 0 Å². The molecule has 0 radical (unpaired) electrons. The molecule has 1 spiro atoms. The smallest absolute Gasteiger partial charge is 0.302 e. The van der Waals surface area contributed by atoms with Crippen molar-refractivity contribution >= 4 is 29.1 Å². The van der Waals surface area contributed by atoms with Gasteiger partial charge in [0, 0.05) is 43.7 Å². The third-order valence-corrected chi connectivity index (χ3v) is 7.78. The monoisotopic (exact) mass is 526 g/mol. The molecular weight excluding hydrogens is 500 g/mol. The van der Waals surface area contributed by atoms with Crippen LogP contribution in [-0.2, 0) is 24.7 Å². The maximum absolute atomic E-state index is 14.2. The summed E-state index contributed by atoms with van der Waals surface area (Å²) in [4.78, 5) is 39.0. The Bertz CT molecular complexity index is 1330. The Morgan fingerprint density at radius 3 is 2.46 bits per heavy atom. The van der Waals surface area contributed by atoms with Gasteiger partial charge in [-0.3, -0.25) is 14.4 Å². The lowest BCUT2D eigenvalue weighted by Gasteiger charge is -2.38. The van der Waals surface area contributed by atoms with Crippen molar-refractivity contribution in [2.75, 3.05) is 20.8 Å². The van der Waals surface area contributed by atoms with E-state index in [-0.39, 0.29) is 65.3 Å². The molecule has 2 aromatic rings. The largest absolute Gasteiger partial charge is 0.496 e. The molecule has 2 aromatic carbocycles. The Labute approximate surface area is 219 Å². The number of esters is 1. The maximum Gasteiger partial charge on any atom is 0.302 e. The van der Waals surface area contributed by atoms with Crippen LogP contribution >= 0.6 is 11.6 Å². The van der Waals surface area contributed by atoms with Crippen LogP contribution in [0.15, 0.2) is 47.7 Å². The van der Waals surface area contributed by atoms with Crippen molar-refractivity contribution in [2.24, 2.45) is 5.92 Å². The van der Waals surface area contributed by atoms with Gasteiger partial charge in [-0.2, -0.15) is 0 Å². The van der Waals surface area contributed by atoms with Crippen LogP contribution < -0.4 is 14.2 Å². The average Bonchev–Trinajstić information content (AvgIpc) is 3.43. The Hall–Kier alpha value is -3.52. The molecule has 0 amide bonds. The van der Waals surface area contributed by atoms with Gasteiger partial charge >= 0.3 is 5.97 Å². The zero-order chi connectivity index (χ0) is 26.5. The van der Waals surface area contributed by atoms with Gasteiger partial charge in [0.05, 0.1) is 20.8 Å². The summed E-state index contributed by atoms with van der Waals surface area (Å²) in [6, 6.07) is 10.9. The number of hydrogen-bond acceptors (Lipinski definition) is 8. The fourth-order valence-corrected chi connectivity index (χ4v) is 5.84. The normalized spacial score (nSPS) is 25.9. The van der Waals surface area contributed by atoms with Gasteiger partial charge in [-0.15, -0.1) is 0 Å². The molecule has 8 nitrogen and oxygen atoms in total. The number of benzene rings is 2. The van der Waals surface area contributed by atoms with Crippen LogP contribution in [0, 0.1) is 5.92 Å². The van der Waals surface area contributed by atoms with Gasteiger partial charge in [0.2, 0.25) is 11.4 Å². The second kappa shape index (κ2) is 9.10. The molecule has 5 rings (SSSR count). The summed E-state index contributed by atoms with van der Waals surface area (Å²) < 4.78 is 29.2. The Kier molecular flexibility index (Phi) is 6.18. The van der Waals surface area contributed by atoms with Crippen LogP contribution in [0.1, 0.15) is 49.0 Å². The molecule has 0 saturated heterocycles. The zero-order valence-corrected chi connectivity index (χ0v) is 21.8. The standard InChI is InChI=1S/C28H27ClO8/c1-15-12-19(31)18-14-27(10-11-35-16(2)30,17-8-6-5-7-9-17)37-26(18)28(15)25(32)22-20(33-3)13-21(34-4)23(29)24(22)36-28/h5-9,13,15H,10-12,14H2,1-4H3/t15-,27+,28-/m1/s1. The van der Waals surface area contributed by atoms with Crippen molar-refractivity contribution in [3.05, 3.63) is 63.9 Å². The highest BCUT2D eigenvalue weighted by Crippen LogP contribution is 2.59. The van der Waals surface area contributed by atoms with Crippen molar-refractivity contribution in [2.45, 2.75) is 44.3 Å². The maximum atomic E-state index is 14.2. The van der Waals surface area contributed by atoms with Gasteiger partial charge in [0.1, 0.15) is 27.7 Å². The number of carbonyl (C=O) groups is 3. The average molecular weight is 527 g/mol. The molecule has 0 N–H and O–H groups in total. The summed E-state index contributed by atoms with van der Waals surface area (Å²) in [5, 5.41) is 0.136. The number of rotatable bonds is 6. The van der Waals surface area contributed by atoms with E-state index in [0.717, 1.165) is 5.56 Å². The lowest BCUT2D eigenvalue weighted by Crippen LogP contribution is -2.52. The predicted molar refractivity (Wildman–Crippen MR) is 133 cm³/mol. The first-order valence-electron chi connectivity index (χ1n) is 12.0. The first-order valence-corrected chi connectivity index (χ1v) is 12.4. The summed E-state index contributed by atoms with van der Waals surface area (Å²) in [5.74, 6) is -0.597. The third kappa shape index (κ3) is 3.69. The fourth-order valence-electron chi connectivity index (χ4n) is 5.57. The van der Waals surface area contributed by atoms with Gasteiger partial charge in [0.25, 0.3) is 0 Å². The number of halogens is 1. The second-order valence-electron chi connectivity index (χ2n) is 9.53. The van der Waals surface area contributed by atoms with E-state index in [1.54, 1.807) is 6.92 Å².